The van der Waals surface area contributed by atoms with Gasteiger partial charge in [0.15, 0.2) is 5.78 Å². The summed E-state index contributed by atoms with van der Waals surface area (Å²) in [6.07, 6.45) is 1.63. The van der Waals surface area contributed by atoms with Gasteiger partial charge in [0.05, 0.1) is 17.2 Å². The first-order valence-electron chi connectivity index (χ1n) is 6.61. The molecule has 0 aliphatic rings. The van der Waals surface area contributed by atoms with Crippen LogP contribution in [-0.4, -0.2) is 41.1 Å². The number of aromatic nitrogens is 2. The highest BCUT2D eigenvalue weighted by Gasteiger charge is 2.18. The van der Waals surface area contributed by atoms with E-state index in [1.807, 2.05) is 19.0 Å². The monoisotopic (exact) mass is 353 g/mol. The number of hydrogen-bond donors (Lipinski definition) is 0. The van der Waals surface area contributed by atoms with E-state index < -0.39 is 0 Å². The van der Waals surface area contributed by atoms with E-state index >= 15 is 0 Å². The predicted octanol–water partition coefficient (Wildman–Crippen LogP) is 2.77. The molecule has 2 rings (SSSR count). The summed E-state index contributed by atoms with van der Waals surface area (Å²) < 4.78 is 16.0. The summed E-state index contributed by atoms with van der Waals surface area (Å²) in [6, 6.07) is 6.33. The van der Waals surface area contributed by atoms with Crippen LogP contribution in [-0.2, 0) is 13.0 Å². The second kappa shape index (κ2) is 6.95. The standard InChI is InChI=1S/C15H17BrFN3O/c1-19(2)7-8-20-15(12(16)10-18-20)14(21)9-11-5-3-4-6-13(11)17/h3-6,10H,7-9H2,1-2H3. The Hall–Kier alpha value is -1.53. The molecule has 112 valence electrons. The number of Topliss-reactive ketones (excluding diaryl/α,β-unsaturated/α-hetero) is 1. The van der Waals surface area contributed by atoms with E-state index in [4.69, 9.17) is 0 Å². The molecular formula is C15H17BrFN3O. The number of benzene rings is 1. The molecule has 2 aromatic rings. The van der Waals surface area contributed by atoms with E-state index in [1.54, 1.807) is 29.1 Å². The van der Waals surface area contributed by atoms with Crippen molar-refractivity contribution in [3.8, 4) is 0 Å². The van der Waals surface area contributed by atoms with Gasteiger partial charge in [0.1, 0.15) is 11.5 Å². The molecule has 6 heteroatoms. The van der Waals surface area contributed by atoms with Crippen LogP contribution in [0.4, 0.5) is 4.39 Å². The number of halogens is 2. The summed E-state index contributed by atoms with van der Waals surface area (Å²) >= 11 is 3.35. The van der Waals surface area contributed by atoms with Gasteiger partial charge in [-0.1, -0.05) is 18.2 Å². The van der Waals surface area contributed by atoms with Crippen LogP contribution < -0.4 is 0 Å². The molecule has 0 radical (unpaired) electrons. The van der Waals surface area contributed by atoms with Gasteiger partial charge in [-0.15, -0.1) is 0 Å². The third-order valence-electron chi connectivity index (χ3n) is 3.13. The molecule has 0 saturated carbocycles. The second-order valence-corrected chi connectivity index (χ2v) is 5.91. The highest BCUT2D eigenvalue weighted by atomic mass is 79.9. The molecule has 0 amide bonds. The lowest BCUT2D eigenvalue weighted by atomic mass is 10.1. The first kappa shape index (κ1) is 15.9. The molecule has 21 heavy (non-hydrogen) atoms. The molecule has 0 fully saturated rings. The summed E-state index contributed by atoms with van der Waals surface area (Å²) in [4.78, 5) is 14.5. The van der Waals surface area contributed by atoms with E-state index in [0.717, 1.165) is 6.54 Å². The summed E-state index contributed by atoms with van der Waals surface area (Å²) in [7, 11) is 3.92. The zero-order valence-electron chi connectivity index (χ0n) is 12.0. The van der Waals surface area contributed by atoms with Crippen molar-refractivity contribution in [1.82, 2.24) is 14.7 Å². The molecule has 1 aromatic carbocycles. The zero-order chi connectivity index (χ0) is 15.4. The quantitative estimate of drug-likeness (QED) is 0.749. The van der Waals surface area contributed by atoms with Gasteiger partial charge in [-0.05, 0) is 41.7 Å². The fraction of sp³-hybridized carbons (Fsp3) is 0.333. The third-order valence-corrected chi connectivity index (χ3v) is 3.71. The molecular weight excluding hydrogens is 337 g/mol. The summed E-state index contributed by atoms with van der Waals surface area (Å²) in [5.41, 5.74) is 0.884. The molecule has 0 bridgehead atoms. The minimum atomic E-state index is -0.360. The molecule has 0 saturated heterocycles. The van der Waals surface area contributed by atoms with Crippen molar-refractivity contribution in [2.75, 3.05) is 20.6 Å². The summed E-state index contributed by atoms with van der Waals surface area (Å²) in [5.74, 6) is -0.510. The molecule has 0 N–H and O–H groups in total. The first-order valence-corrected chi connectivity index (χ1v) is 7.41. The van der Waals surface area contributed by atoms with Gasteiger partial charge < -0.3 is 4.90 Å². The van der Waals surface area contributed by atoms with Crippen molar-refractivity contribution in [3.63, 3.8) is 0 Å². The Morgan fingerprint density at radius 2 is 2.10 bits per heavy atom. The van der Waals surface area contributed by atoms with Gasteiger partial charge in [-0.2, -0.15) is 5.10 Å². The van der Waals surface area contributed by atoms with Gasteiger partial charge in [0.25, 0.3) is 0 Å². The van der Waals surface area contributed by atoms with Crippen molar-refractivity contribution in [2.45, 2.75) is 13.0 Å². The lowest BCUT2D eigenvalue weighted by Gasteiger charge is -2.12. The molecule has 0 unspecified atom stereocenters. The fourth-order valence-electron chi connectivity index (χ4n) is 2.00. The van der Waals surface area contributed by atoms with Gasteiger partial charge in [0.2, 0.25) is 0 Å². The van der Waals surface area contributed by atoms with Gasteiger partial charge in [0, 0.05) is 13.0 Å². The Morgan fingerprint density at radius 3 is 2.76 bits per heavy atom. The maximum atomic E-state index is 13.7. The lowest BCUT2D eigenvalue weighted by Crippen LogP contribution is -2.22. The molecule has 0 aliphatic carbocycles. The number of ketones is 1. The van der Waals surface area contributed by atoms with Crippen LogP contribution in [0.15, 0.2) is 34.9 Å². The van der Waals surface area contributed by atoms with Gasteiger partial charge in [-0.25, -0.2) is 4.39 Å². The molecule has 0 atom stereocenters. The Bertz CT molecular complexity index is 640. The Labute approximate surface area is 131 Å². The lowest BCUT2D eigenvalue weighted by molar-refractivity contribution is 0.0980. The van der Waals surface area contributed by atoms with E-state index in [9.17, 15) is 9.18 Å². The van der Waals surface area contributed by atoms with Crippen molar-refractivity contribution >= 4 is 21.7 Å². The SMILES string of the molecule is CN(C)CCn1ncc(Br)c1C(=O)Cc1ccccc1F. The van der Waals surface area contributed by atoms with E-state index in [0.29, 0.717) is 22.3 Å². The van der Waals surface area contributed by atoms with Crippen LogP contribution in [0.1, 0.15) is 16.1 Å². The minimum Gasteiger partial charge on any atom is -0.308 e. The normalized spacial score (nSPS) is 11.1. The fourth-order valence-corrected chi connectivity index (χ4v) is 2.52. The van der Waals surface area contributed by atoms with E-state index in [1.165, 1.54) is 6.07 Å². The predicted molar refractivity (Wildman–Crippen MR) is 82.9 cm³/mol. The average Bonchev–Trinajstić information content (AvgIpc) is 2.80. The van der Waals surface area contributed by atoms with Crippen LogP contribution >= 0.6 is 15.9 Å². The summed E-state index contributed by atoms with van der Waals surface area (Å²) in [6.45, 7) is 1.38. The highest BCUT2D eigenvalue weighted by molar-refractivity contribution is 9.10. The smallest absolute Gasteiger partial charge is 0.186 e. The second-order valence-electron chi connectivity index (χ2n) is 5.06. The Kier molecular flexibility index (Phi) is 5.25. The number of nitrogens with zero attached hydrogens (tertiary/aromatic N) is 3. The molecule has 0 aliphatic heterocycles. The van der Waals surface area contributed by atoms with Crippen molar-refractivity contribution < 1.29 is 9.18 Å². The topological polar surface area (TPSA) is 38.1 Å². The molecule has 1 heterocycles. The molecule has 1 aromatic heterocycles. The number of hydrogen-bond acceptors (Lipinski definition) is 3. The number of likely N-dealkylation sites (N-methyl/N-ethyl adjacent to an activating group) is 1. The van der Waals surface area contributed by atoms with Crippen molar-refractivity contribution in [3.05, 3.63) is 52.0 Å². The minimum absolute atomic E-state index is 0.0267. The van der Waals surface area contributed by atoms with Crippen LogP contribution in [0.25, 0.3) is 0 Å². The van der Waals surface area contributed by atoms with Crippen molar-refractivity contribution in [2.24, 2.45) is 0 Å². The molecule has 4 nitrogen and oxygen atoms in total. The Balaban J connectivity index is 2.19. The average molecular weight is 354 g/mol. The third kappa shape index (κ3) is 3.98. The van der Waals surface area contributed by atoms with E-state index in [-0.39, 0.29) is 18.0 Å². The summed E-state index contributed by atoms with van der Waals surface area (Å²) in [5, 5.41) is 4.20. The number of carbonyl (C=O) groups is 1. The first-order chi connectivity index (χ1) is 9.99. The van der Waals surface area contributed by atoms with E-state index in [2.05, 4.69) is 21.0 Å². The maximum absolute atomic E-state index is 13.7. The largest absolute Gasteiger partial charge is 0.308 e. The van der Waals surface area contributed by atoms with Gasteiger partial charge >= 0.3 is 0 Å². The maximum Gasteiger partial charge on any atom is 0.186 e. The van der Waals surface area contributed by atoms with Crippen LogP contribution in [0.5, 0.6) is 0 Å². The van der Waals surface area contributed by atoms with Crippen molar-refractivity contribution in [1.29, 1.82) is 0 Å². The van der Waals surface area contributed by atoms with Crippen LogP contribution in [0.3, 0.4) is 0 Å². The van der Waals surface area contributed by atoms with Gasteiger partial charge in [-0.3, -0.25) is 9.48 Å². The zero-order valence-corrected chi connectivity index (χ0v) is 13.6. The Morgan fingerprint density at radius 1 is 1.38 bits per heavy atom. The molecule has 0 spiro atoms. The van der Waals surface area contributed by atoms with Crippen LogP contribution in [0.2, 0.25) is 0 Å². The number of carbonyl (C=O) groups excluding carboxylic acids is 1. The highest BCUT2D eigenvalue weighted by Crippen LogP contribution is 2.19. The number of rotatable bonds is 6. The van der Waals surface area contributed by atoms with Crippen LogP contribution in [0, 0.1) is 5.82 Å².